The summed E-state index contributed by atoms with van der Waals surface area (Å²) in [6, 6.07) is 9.52. The van der Waals surface area contributed by atoms with Crippen LogP contribution in [0.15, 0.2) is 30.3 Å². The lowest BCUT2D eigenvalue weighted by Crippen LogP contribution is -2.48. The second-order valence-corrected chi connectivity index (χ2v) is 6.46. The number of hydrogen-bond donors (Lipinski definition) is 3. The Hall–Kier alpha value is -2.25. The number of amides is 1. The van der Waals surface area contributed by atoms with E-state index >= 15 is 0 Å². The molecule has 0 saturated heterocycles. The van der Waals surface area contributed by atoms with Crippen molar-refractivity contribution in [3.63, 3.8) is 0 Å². The first-order valence-electron chi connectivity index (χ1n) is 8.67. The smallest absolute Gasteiger partial charge is 0.249 e. The minimum absolute atomic E-state index is 0.0440. The SMILES string of the molecule is CCn1c(CO)nnc1C1CC(NC(=O)[C@@H](O)Cc2ccccc2)C1. The first kappa shape index (κ1) is 17.6. The highest BCUT2D eigenvalue weighted by atomic mass is 16.3. The highest BCUT2D eigenvalue weighted by Crippen LogP contribution is 2.36. The predicted molar refractivity (Wildman–Crippen MR) is 91.7 cm³/mol. The number of aliphatic hydroxyl groups is 2. The highest BCUT2D eigenvalue weighted by Gasteiger charge is 2.36. The topological polar surface area (TPSA) is 100 Å². The molecule has 0 spiro atoms. The molecule has 1 heterocycles. The van der Waals surface area contributed by atoms with Crippen LogP contribution < -0.4 is 5.32 Å². The van der Waals surface area contributed by atoms with Crippen LogP contribution in [0.1, 0.15) is 42.9 Å². The van der Waals surface area contributed by atoms with Gasteiger partial charge in [-0.1, -0.05) is 30.3 Å². The summed E-state index contributed by atoms with van der Waals surface area (Å²) in [6.07, 6.45) is 0.815. The van der Waals surface area contributed by atoms with Crippen molar-refractivity contribution in [2.24, 2.45) is 0 Å². The molecule has 0 bridgehead atoms. The molecule has 134 valence electrons. The summed E-state index contributed by atoms with van der Waals surface area (Å²) < 4.78 is 1.92. The van der Waals surface area contributed by atoms with Crippen LogP contribution in [-0.2, 0) is 24.4 Å². The van der Waals surface area contributed by atoms with E-state index in [2.05, 4.69) is 15.5 Å². The molecular weight excluding hydrogens is 320 g/mol. The Balaban J connectivity index is 1.50. The number of hydrogen-bond acceptors (Lipinski definition) is 5. The predicted octanol–water partition coefficient (Wildman–Crippen LogP) is 0.756. The van der Waals surface area contributed by atoms with Gasteiger partial charge in [0.05, 0.1) is 0 Å². The summed E-state index contributed by atoms with van der Waals surface area (Å²) in [5.41, 5.74) is 0.934. The molecule has 0 radical (unpaired) electrons. The molecule has 0 aliphatic heterocycles. The minimum atomic E-state index is -1.04. The van der Waals surface area contributed by atoms with Gasteiger partial charge in [0.15, 0.2) is 5.82 Å². The van der Waals surface area contributed by atoms with Crippen LogP contribution in [0.25, 0.3) is 0 Å². The van der Waals surface area contributed by atoms with Crippen molar-refractivity contribution in [2.75, 3.05) is 0 Å². The molecule has 1 amide bonds. The summed E-state index contributed by atoms with van der Waals surface area (Å²) in [5, 5.41) is 30.4. The van der Waals surface area contributed by atoms with Gasteiger partial charge in [-0.25, -0.2) is 0 Å². The fraction of sp³-hybridized carbons (Fsp3) is 0.500. The molecule has 1 saturated carbocycles. The van der Waals surface area contributed by atoms with Crippen molar-refractivity contribution in [3.05, 3.63) is 47.5 Å². The van der Waals surface area contributed by atoms with Crippen molar-refractivity contribution in [1.29, 1.82) is 0 Å². The third kappa shape index (κ3) is 3.88. The van der Waals surface area contributed by atoms with E-state index in [1.165, 1.54) is 0 Å². The standard InChI is InChI=1S/C18H24N4O3/c1-2-22-16(11-23)20-21-17(22)13-9-14(10-13)19-18(25)15(24)8-12-6-4-3-5-7-12/h3-7,13-15,23-24H,2,8-11H2,1H3,(H,19,25)/t13?,14?,15-/m0/s1. The van der Waals surface area contributed by atoms with Gasteiger partial charge in [0.25, 0.3) is 0 Å². The van der Waals surface area contributed by atoms with Crippen LogP contribution >= 0.6 is 0 Å². The maximum atomic E-state index is 12.1. The number of nitrogens with zero attached hydrogens (tertiary/aromatic N) is 3. The number of carbonyl (C=O) groups excluding carboxylic acids is 1. The molecule has 0 unspecified atom stereocenters. The van der Waals surface area contributed by atoms with Crippen LogP contribution in [0.5, 0.6) is 0 Å². The lowest BCUT2D eigenvalue weighted by atomic mass is 9.79. The second-order valence-electron chi connectivity index (χ2n) is 6.46. The maximum absolute atomic E-state index is 12.1. The van der Waals surface area contributed by atoms with E-state index in [9.17, 15) is 15.0 Å². The molecule has 1 aromatic carbocycles. The average Bonchev–Trinajstić information content (AvgIpc) is 3.00. The quantitative estimate of drug-likeness (QED) is 0.688. The van der Waals surface area contributed by atoms with Gasteiger partial charge in [0.1, 0.15) is 18.5 Å². The molecule has 1 atom stereocenters. The summed E-state index contributed by atoms with van der Waals surface area (Å²) in [5.74, 6) is 1.33. The minimum Gasteiger partial charge on any atom is -0.388 e. The Kier molecular flexibility index (Phi) is 5.45. The third-order valence-corrected chi connectivity index (χ3v) is 4.74. The maximum Gasteiger partial charge on any atom is 0.249 e. The molecule has 2 aromatic rings. The normalized spacial score (nSPS) is 20.8. The fourth-order valence-corrected chi connectivity index (χ4v) is 3.29. The zero-order valence-corrected chi connectivity index (χ0v) is 14.3. The summed E-state index contributed by atoms with van der Waals surface area (Å²) in [7, 11) is 0. The van der Waals surface area contributed by atoms with E-state index in [4.69, 9.17) is 0 Å². The van der Waals surface area contributed by atoms with Gasteiger partial charge in [-0.2, -0.15) is 0 Å². The lowest BCUT2D eigenvalue weighted by Gasteiger charge is -2.35. The van der Waals surface area contributed by atoms with Gasteiger partial charge in [-0.05, 0) is 25.3 Å². The van der Waals surface area contributed by atoms with Gasteiger partial charge in [-0.3, -0.25) is 4.79 Å². The van der Waals surface area contributed by atoms with Crippen LogP contribution in [0, 0.1) is 0 Å². The van der Waals surface area contributed by atoms with E-state index in [1.54, 1.807) is 0 Å². The number of carbonyl (C=O) groups is 1. The molecule has 7 heteroatoms. The van der Waals surface area contributed by atoms with E-state index in [1.807, 2.05) is 41.8 Å². The Morgan fingerprint density at radius 1 is 1.32 bits per heavy atom. The largest absolute Gasteiger partial charge is 0.388 e. The van der Waals surface area contributed by atoms with Crippen LogP contribution in [0.3, 0.4) is 0 Å². The Bertz CT molecular complexity index is 710. The third-order valence-electron chi connectivity index (χ3n) is 4.74. The zero-order valence-electron chi connectivity index (χ0n) is 14.3. The van der Waals surface area contributed by atoms with Gasteiger partial charge < -0.3 is 20.1 Å². The van der Waals surface area contributed by atoms with Crippen LogP contribution in [-0.4, -0.2) is 43.0 Å². The molecule has 1 aliphatic rings. The highest BCUT2D eigenvalue weighted by molar-refractivity contribution is 5.81. The van der Waals surface area contributed by atoms with Crippen LogP contribution in [0.2, 0.25) is 0 Å². The molecule has 1 aromatic heterocycles. The summed E-state index contributed by atoms with van der Waals surface area (Å²) in [6.45, 7) is 2.57. The van der Waals surface area contributed by atoms with Gasteiger partial charge in [0, 0.05) is 24.9 Å². The molecule has 3 rings (SSSR count). The van der Waals surface area contributed by atoms with Crippen molar-refractivity contribution in [1.82, 2.24) is 20.1 Å². The average molecular weight is 344 g/mol. The summed E-state index contributed by atoms with van der Waals surface area (Å²) >= 11 is 0. The molecule has 1 aliphatic carbocycles. The van der Waals surface area contributed by atoms with Gasteiger partial charge in [-0.15, -0.1) is 10.2 Å². The monoisotopic (exact) mass is 344 g/mol. The molecule has 7 nitrogen and oxygen atoms in total. The first-order valence-corrected chi connectivity index (χ1v) is 8.67. The number of benzene rings is 1. The number of aliphatic hydroxyl groups excluding tert-OH is 2. The van der Waals surface area contributed by atoms with Crippen LogP contribution in [0.4, 0.5) is 0 Å². The van der Waals surface area contributed by atoms with Crippen molar-refractivity contribution < 1.29 is 15.0 Å². The molecule has 25 heavy (non-hydrogen) atoms. The summed E-state index contributed by atoms with van der Waals surface area (Å²) in [4.78, 5) is 12.1. The van der Waals surface area contributed by atoms with Gasteiger partial charge >= 0.3 is 0 Å². The second kappa shape index (κ2) is 7.76. The molecule has 1 fully saturated rings. The number of rotatable bonds is 7. The van der Waals surface area contributed by atoms with E-state index < -0.39 is 6.10 Å². The fourth-order valence-electron chi connectivity index (χ4n) is 3.29. The van der Waals surface area contributed by atoms with E-state index in [0.29, 0.717) is 18.8 Å². The molecular formula is C18H24N4O3. The number of nitrogens with one attached hydrogen (secondary N) is 1. The van der Waals surface area contributed by atoms with Gasteiger partial charge in [0.2, 0.25) is 5.91 Å². The van der Waals surface area contributed by atoms with E-state index in [0.717, 1.165) is 24.2 Å². The number of aromatic nitrogens is 3. The molecule has 3 N–H and O–H groups in total. The zero-order chi connectivity index (χ0) is 17.8. The van der Waals surface area contributed by atoms with Crippen molar-refractivity contribution >= 4 is 5.91 Å². The Morgan fingerprint density at radius 3 is 2.68 bits per heavy atom. The Morgan fingerprint density at radius 2 is 2.04 bits per heavy atom. The Labute approximate surface area is 146 Å². The van der Waals surface area contributed by atoms with E-state index in [-0.39, 0.29) is 24.5 Å². The first-order chi connectivity index (χ1) is 12.1. The lowest BCUT2D eigenvalue weighted by molar-refractivity contribution is -0.130. The van der Waals surface area contributed by atoms with Crippen molar-refractivity contribution in [2.45, 2.75) is 57.4 Å². The van der Waals surface area contributed by atoms with Crippen molar-refractivity contribution in [3.8, 4) is 0 Å².